The van der Waals surface area contributed by atoms with Gasteiger partial charge in [0.25, 0.3) is 0 Å². The van der Waals surface area contributed by atoms with Crippen molar-refractivity contribution in [1.82, 2.24) is 0 Å². The second-order valence-corrected chi connectivity index (χ2v) is 5.11. The lowest BCUT2D eigenvalue weighted by atomic mass is 9.82. The third-order valence-corrected chi connectivity index (χ3v) is 5.17. The molecule has 3 saturated carbocycles. The molecule has 0 aromatic rings. The molecule has 2 atom stereocenters. The molecular formula is C11H18O. The second kappa shape index (κ2) is 2.06. The fourth-order valence-electron chi connectivity index (χ4n) is 4.73. The molecule has 0 heterocycles. The van der Waals surface area contributed by atoms with Crippen molar-refractivity contribution >= 4 is 0 Å². The fraction of sp³-hybridized carbons (Fsp3) is 1.00. The minimum absolute atomic E-state index is 0.472. The van der Waals surface area contributed by atoms with Gasteiger partial charge < -0.3 is 5.11 Å². The Labute approximate surface area is 74.2 Å². The Morgan fingerprint density at radius 1 is 0.917 bits per heavy atom. The van der Waals surface area contributed by atoms with E-state index in [9.17, 15) is 5.11 Å². The highest BCUT2D eigenvalue weighted by Crippen LogP contribution is 2.82. The molecule has 0 aromatic heterocycles. The normalized spacial score (nSPS) is 56.2. The van der Waals surface area contributed by atoms with E-state index >= 15 is 0 Å². The first-order valence-corrected chi connectivity index (χ1v) is 5.47. The van der Waals surface area contributed by atoms with Gasteiger partial charge in [0, 0.05) is 6.61 Å². The quantitative estimate of drug-likeness (QED) is 0.634. The summed E-state index contributed by atoms with van der Waals surface area (Å²) in [5.41, 5.74) is 1.31. The highest BCUT2D eigenvalue weighted by molar-refractivity contribution is 5.25. The van der Waals surface area contributed by atoms with E-state index in [0.717, 1.165) is 0 Å². The molecule has 3 rings (SSSR count). The molecular weight excluding hydrogens is 148 g/mol. The number of hydrogen-bond acceptors (Lipinski definition) is 1. The summed E-state index contributed by atoms with van der Waals surface area (Å²) < 4.78 is 0. The largest absolute Gasteiger partial charge is 0.396 e. The van der Waals surface area contributed by atoms with Crippen molar-refractivity contribution in [2.24, 2.45) is 16.7 Å². The van der Waals surface area contributed by atoms with Crippen LogP contribution in [0.4, 0.5) is 0 Å². The van der Waals surface area contributed by atoms with Gasteiger partial charge in [-0.25, -0.2) is 0 Å². The maximum atomic E-state index is 9.33. The minimum Gasteiger partial charge on any atom is -0.396 e. The molecule has 68 valence electrons. The predicted molar refractivity (Wildman–Crippen MR) is 47.8 cm³/mol. The zero-order valence-corrected chi connectivity index (χ0v) is 7.68. The topological polar surface area (TPSA) is 20.2 Å². The van der Waals surface area contributed by atoms with Crippen LogP contribution in [0.1, 0.15) is 44.9 Å². The summed E-state index contributed by atoms with van der Waals surface area (Å²) >= 11 is 0. The Morgan fingerprint density at radius 2 is 1.42 bits per heavy atom. The predicted octanol–water partition coefficient (Wildman–Crippen LogP) is 2.34. The molecule has 3 aliphatic rings. The molecule has 3 fully saturated rings. The van der Waals surface area contributed by atoms with Gasteiger partial charge in [-0.1, -0.05) is 19.3 Å². The van der Waals surface area contributed by atoms with Crippen molar-refractivity contribution < 1.29 is 5.11 Å². The molecule has 3 aliphatic carbocycles. The van der Waals surface area contributed by atoms with E-state index in [-0.39, 0.29) is 0 Å². The Hall–Kier alpha value is -0.0400. The molecule has 0 aliphatic heterocycles. The van der Waals surface area contributed by atoms with E-state index in [4.69, 9.17) is 0 Å². The van der Waals surface area contributed by atoms with Crippen LogP contribution >= 0.6 is 0 Å². The van der Waals surface area contributed by atoms with Crippen molar-refractivity contribution in [1.29, 1.82) is 0 Å². The van der Waals surface area contributed by atoms with E-state index in [2.05, 4.69) is 0 Å². The molecule has 0 bridgehead atoms. The van der Waals surface area contributed by atoms with Crippen LogP contribution in [0.25, 0.3) is 0 Å². The number of rotatable bonds is 1. The van der Waals surface area contributed by atoms with Crippen LogP contribution in [0.5, 0.6) is 0 Å². The van der Waals surface area contributed by atoms with Crippen molar-refractivity contribution in [3.05, 3.63) is 0 Å². The second-order valence-electron chi connectivity index (χ2n) is 5.11. The summed E-state index contributed by atoms with van der Waals surface area (Å²) in [4.78, 5) is 0. The van der Waals surface area contributed by atoms with Gasteiger partial charge in [0.15, 0.2) is 0 Å². The molecule has 2 unspecified atom stereocenters. The maximum Gasteiger partial charge on any atom is 0.0470 e. The Kier molecular flexibility index (Phi) is 1.27. The molecule has 1 heteroatoms. The number of hydrogen-bond donors (Lipinski definition) is 1. The number of aliphatic hydroxyl groups is 1. The Balaban J connectivity index is 1.94. The standard InChI is InChI=1S/C11H18O/c12-8-9-10-4-1-2-5-11(9,10)7-3-6-10/h9,12H,1-8H2. The van der Waals surface area contributed by atoms with Crippen molar-refractivity contribution in [2.45, 2.75) is 44.9 Å². The molecule has 12 heavy (non-hydrogen) atoms. The Morgan fingerprint density at radius 3 is 1.92 bits per heavy atom. The van der Waals surface area contributed by atoms with Gasteiger partial charge in [0.1, 0.15) is 0 Å². The summed E-state index contributed by atoms with van der Waals surface area (Å²) in [6.07, 6.45) is 10.0. The zero-order chi connectivity index (χ0) is 8.23. The lowest BCUT2D eigenvalue weighted by Gasteiger charge is -2.23. The third kappa shape index (κ3) is 0.555. The smallest absolute Gasteiger partial charge is 0.0470 e. The molecule has 0 amide bonds. The zero-order valence-electron chi connectivity index (χ0n) is 7.68. The highest BCUT2D eigenvalue weighted by Gasteiger charge is 2.76. The summed E-state index contributed by atoms with van der Waals surface area (Å²) in [6.45, 7) is 0.472. The van der Waals surface area contributed by atoms with Crippen molar-refractivity contribution in [2.75, 3.05) is 6.61 Å². The van der Waals surface area contributed by atoms with Gasteiger partial charge in [0.2, 0.25) is 0 Å². The first-order chi connectivity index (χ1) is 5.86. The number of aliphatic hydroxyl groups excluding tert-OH is 1. The first kappa shape index (κ1) is 7.37. The van der Waals surface area contributed by atoms with E-state index in [1.165, 1.54) is 44.9 Å². The average Bonchev–Trinajstić information content (AvgIpc) is 2.45. The van der Waals surface area contributed by atoms with E-state index in [1.807, 2.05) is 0 Å². The molecule has 0 saturated heterocycles. The molecule has 0 radical (unpaired) electrons. The molecule has 0 aromatic carbocycles. The Bertz CT molecular complexity index is 193. The van der Waals surface area contributed by atoms with Crippen molar-refractivity contribution in [3.63, 3.8) is 0 Å². The SMILES string of the molecule is OCC1C23CCCCC12CCC3. The molecule has 1 N–H and O–H groups in total. The minimum atomic E-state index is 0.472. The van der Waals surface area contributed by atoms with Crippen LogP contribution in [0.3, 0.4) is 0 Å². The van der Waals surface area contributed by atoms with Crippen LogP contribution in [-0.4, -0.2) is 11.7 Å². The summed E-state index contributed by atoms with van der Waals surface area (Å²) in [5.74, 6) is 0.709. The lowest BCUT2D eigenvalue weighted by Crippen LogP contribution is -2.12. The van der Waals surface area contributed by atoms with Crippen LogP contribution < -0.4 is 0 Å². The summed E-state index contributed by atoms with van der Waals surface area (Å²) in [5, 5.41) is 9.33. The van der Waals surface area contributed by atoms with Gasteiger partial charge >= 0.3 is 0 Å². The highest BCUT2D eigenvalue weighted by atomic mass is 16.3. The monoisotopic (exact) mass is 166 g/mol. The van der Waals surface area contributed by atoms with E-state index < -0.39 is 0 Å². The van der Waals surface area contributed by atoms with Gasteiger partial charge in [0.05, 0.1) is 0 Å². The summed E-state index contributed by atoms with van der Waals surface area (Å²) in [6, 6.07) is 0. The van der Waals surface area contributed by atoms with Crippen LogP contribution in [0.2, 0.25) is 0 Å². The van der Waals surface area contributed by atoms with Gasteiger partial charge in [-0.05, 0) is 42.4 Å². The van der Waals surface area contributed by atoms with Gasteiger partial charge in [-0.3, -0.25) is 0 Å². The van der Waals surface area contributed by atoms with E-state index in [1.54, 1.807) is 0 Å². The summed E-state index contributed by atoms with van der Waals surface area (Å²) in [7, 11) is 0. The van der Waals surface area contributed by atoms with E-state index in [0.29, 0.717) is 23.4 Å². The van der Waals surface area contributed by atoms with Gasteiger partial charge in [-0.15, -0.1) is 0 Å². The molecule has 1 nitrogen and oxygen atoms in total. The maximum absolute atomic E-state index is 9.33. The third-order valence-electron chi connectivity index (χ3n) is 5.17. The van der Waals surface area contributed by atoms with Crippen LogP contribution in [0.15, 0.2) is 0 Å². The average molecular weight is 166 g/mol. The lowest BCUT2D eigenvalue weighted by molar-refractivity contribution is 0.231. The van der Waals surface area contributed by atoms with Gasteiger partial charge in [-0.2, -0.15) is 0 Å². The van der Waals surface area contributed by atoms with Crippen LogP contribution in [0, 0.1) is 16.7 Å². The first-order valence-electron chi connectivity index (χ1n) is 5.47. The van der Waals surface area contributed by atoms with Crippen molar-refractivity contribution in [3.8, 4) is 0 Å². The molecule has 0 spiro atoms. The fourth-order valence-corrected chi connectivity index (χ4v) is 4.73. The van der Waals surface area contributed by atoms with Crippen LogP contribution in [-0.2, 0) is 0 Å².